The summed E-state index contributed by atoms with van der Waals surface area (Å²) in [6.45, 7) is 9.18. The first-order valence-corrected chi connectivity index (χ1v) is 28.8. The van der Waals surface area contributed by atoms with Gasteiger partial charge in [0.25, 0.3) is 0 Å². The second kappa shape index (κ2) is 21.4. The maximum Gasteiger partial charge on any atom is 0.323 e. The van der Waals surface area contributed by atoms with Crippen molar-refractivity contribution in [1.29, 1.82) is 0 Å². The van der Waals surface area contributed by atoms with Crippen LogP contribution in [0.25, 0.3) is 0 Å². The Morgan fingerprint density at radius 3 is 1.66 bits per heavy atom. The van der Waals surface area contributed by atoms with Gasteiger partial charge in [-0.15, -0.1) is 0 Å². The number of ketones is 4. The second-order valence-electron chi connectivity index (χ2n) is 25.4. The van der Waals surface area contributed by atoms with Crippen LogP contribution in [0.3, 0.4) is 0 Å². The third kappa shape index (κ3) is 8.30. The molecule has 8 aliphatic carbocycles. The molecule has 8 fully saturated rings. The van der Waals surface area contributed by atoms with Gasteiger partial charge in [0.2, 0.25) is 0 Å². The number of furan rings is 2. The van der Waals surface area contributed by atoms with Gasteiger partial charge in [0, 0.05) is 35.8 Å². The molecular weight excluding hydrogens is 1090 g/mol. The van der Waals surface area contributed by atoms with Crippen LogP contribution in [-0.4, -0.2) is 154 Å². The van der Waals surface area contributed by atoms with Crippen molar-refractivity contribution in [2.24, 2.45) is 68.0 Å². The number of carbonyl (C=O) groups excluding carboxylic acids is 7. The molecule has 0 amide bonds. The van der Waals surface area contributed by atoms with Crippen molar-refractivity contribution < 1.29 is 89.9 Å². The quantitative estimate of drug-likeness (QED) is 0.101. The number of hydrogen-bond donors (Lipinski definition) is 5. The van der Waals surface area contributed by atoms with Gasteiger partial charge >= 0.3 is 11.9 Å². The van der Waals surface area contributed by atoms with Crippen molar-refractivity contribution in [1.82, 2.24) is 10.2 Å². The van der Waals surface area contributed by atoms with Gasteiger partial charge in [0.1, 0.15) is 43.4 Å². The summed E-state index contributed by atoms with van der Waals surface area (Å²) in [4.78, 5) is 89.4. The van der Waals surface area contributed by atoms with Crippen molar-refractivity contribution in [2.75, 3.05) is 39.5 Å². The molecular formula is C62H74F4N2O15. The van der Waals surface area contributed by atoms with E-state index in [0.717, 1.165) is 12.2 Å². The minimum Gasteiger partial charge on any atom is -0.468 e. The topological polar surface area (TPSA) is 260 Å². The number of nitrogens with zero attached hydrogens (tertiary/aromatic N) is 1. The van der Waals surface area contributed by atoms with Crippen LogP contribution in [-0.2, 0) is 44.8 Å². The number of halogens is 4. The van der Waals surface area contributed by atoms with Crippen LogP contribution in [0.1, 0.15) is 96.4 Å². The summed E-state index contributed by atoms with van der Waals surface area (Å²) < 4.78 is 87.3. The highest BCUT2D eigenvalue weighted by atomic mass is 19.2. The average Bonchev–Trinajstić information content (AvgIpc) is 1.75. The lowest BCUT2D eigenvalue weighted by atomic mass is 9.43. The molecule has 20 atom stereocenters. The molecule has 2 saturated heterocycles. The fourth-order valence-corrected chi connectivity index (χ4v) is 19.0. The molecule has 6 saturated carbocycles. The SMILES string of the molecule is CCOC(=O)C1NC[C@]2(C(=O)CO)[C@H]1C[C@H]1[C@@H]3C[C@H](F)C4=CC(=O)C=C[C@]4(C)[C@@]3(F)[C@@H](O)C[C@@]12C.CCOC(=O)C1[C@@H]2C[C@H]3[C@@H]4C[C@H](F)C5=CC(=O)C=C[C@]5(C)[C@@]4(F)[C@@H](O)C[C@]3(C)[C@]2(C(=O)CO)CN1Cc1ccco1.O=Cc1ccco1. The number of fused-ring (bicyclic) bond motifs is 14. The van der Waals surface area contributed by atoms with Crippen molar-refractivity contribution in [3.63, 3.8) is 0 Å². The van der Waals surface area contributed by atoms with Crippen LogP contribution in [0.4, 0.5) is 17.6 Å². The minimum absolute atomic E-state index is 0.0276. The Bertz CT molecular complexity index is 3060. The Kier molecular flexibility index (Phi) is 15.5. The summed E-state index contributed by atoms with van der Waals surface area (Å²) >= 11 is 0. The van der Waals surface area contributed by atoms with E-state index in [1.54, 1.807) is 38.1 Å². The first-order chi connectivity index (χ1) is 39.2. The number of Topliss-reactive ketones (excluding diaryl/α,β-unsaturated/α-hetero) is 2. The number of ether oxygens (including phenoxy) is 2. The van der Waals surface area contributed by atoms with Gasteiger partial charge in [-0.05, 0) is 160 Å². The predicted molar refractivity (Wildman–Crippen MR) is 286 cm³/mol. The lowest BCUT2D eigenvalue weighted by Gasteiger charge is -2.63. The van der Waals surface area contributed by atoms with Crippen LogP contribution in [0, 0.1) is 68.0 Å². The zero-order chi connectivity index (χ0) is 60.2. The molecule has 0 radical (unpaired) electrons. The summed E-state index contributed by atoms with van der Waals surface area (Å²) in [6.07, 6.45) is 4.58. The van der Waals surface area contributed by atoms with E-state index < -0.39 is 164 Å². The first kappa shape index (κ1) is 60.4. The third-order valence-electron chi connectivity index (χ3n) is 22.5. The molecule has 0 aromatic carbocycles. The number of likely N-dealkylation sites (tertiary alicyclic amines) is 1. The smallest absolute Gasteiger partial charge is 0.323 e. The fourth-order valence-electron chi connectivity index (χ4n) is 19.0. The first-order valence-electron chi connectivity index (χ1n) is 28.8. The van der Waals surface area contributed by atoms with Gasteiger partial charge in [0.15, 0.2) is 46.5 Å². The molecule has 5 N–H and O–H groups in total. The molecule has 2 unspecified atom stereocenters. The van der Waals surface area contributed by atoms with Crippen LogP contribution >= 0.6 is 0 Å². The highest BCUT2D eigenvalue weighted by Gasteiger charge is 2.81. The zero-order valence-corrected chi connectivity index (χ0v) is 47.4. The average molecular weight is 1160 g/mol. The number of allylic oxidation sites excluding steroid dienone is 8. The molecule has 450 valence electrons. The highest BCUT2D eigenvalue weighted by molar-refractivity contribution is 6.02. The van der Waals surface area contributed by atoms with Crippen molar-refractivity contribution in [3.05, 3.63) is 95.9 Å². The standard InChI is InChI=1S/C31H37F2NO7.C26H33F2NO6.C5H4O2/c1-4-40-27(39)26-22-11-19-20-12-23(32)21-10-17(36)7-8-28(21,2)31(20,33)24(37)13-29(19,3)30(22,25(38)15-35)16-34(26)14-18-6-5-9-41-18;1-4-35-22(34)21-17-8-14-15-9-18(27)16-7-13(31)5-6-23(16,2)26(15,28)19(32)10-24(14,3)25(17,12-29-21)20(33)11-30;6-4-5-2-1-3-7-5/h5-10,19-20,22-24,26,35,37H,4,11-16H2,1-3H3;5-7,14-15,17-19,21,29-30,32H,4,8-12H2,1-3H3;1-4H/t19-,20-,22-,23-,24-,26?,28-,29-,30+,31-;14-,15-,17-,18-,19-,21?,23-,24-,25+,26-;/m00./s1. The number of nitrogens with one attached hydrogen (secondary N) is 1. The molecule has 2 aliphatic heterocycles. The van der Waals surface area contributed by atoms with E-state index in [4.69, 9.17) is 13.9 Å². The number of alkyl halides is 4. The molecule has 17 nitrogen and oxygen atoms in total. The van der Waals surface area contributed by atoms with Gasteiger partial charge in [0.05, 0.1) is 55.3 Å². The fraction of sp³-hybridized carbons (Fsp3) is 0.629. The molecule has 2 aromatic rings. The van der Waals surface area contributed by atoms with E-state index in [0.29, 0.717) is 17.8 Å². The Balaban J connectivity index is 0.000000167. The van der Waals surface area contributed by atoms with E-state index in [1.807, 2.05) is 18.7 Å². The summed E-state index contributed by atoms with van der Waals surface area (Å²) in [6, 6.07) is 5.06. The number of carbonyl (C=O) groups is 7. The van der Waals surface area contributed by atoms with Gasteiger partial charge in [-0.25, -0.2) is 17.6 Å². The molecule has 4 heterocycles. The van der Waals surface area contributed by atoms with Gasteiger partial charge in [-0.2, -0.15) is 0 Å². The van der Waals surface area contributed by atoms with E-state index in [2.05, 4.69) is 9.73 Å². The van der Waals surface area contributed by atoms with E-state index in [-0.39, 0.29) is 82.5 Å². The third-order valence-corrected chi connectivity index (χ3v) is 22.5. The van der Waals surface area contributed by atoms with Gasteiger partial charge < -0.3 is 44.1 Å². The minimum atomic E-state index is -2.31. The largest absolute Gasteiger partial charge is 0.468 e. The Hall–Kier alpha value is -5.71. The van der Waals surface area contributed by atoms with Crippen molar-refractivity contribution >= 4 is 41.4 Å². The molecule has 2 aromatic heterocycles. The Morgan fingerprint density at radius 1 is 0.699 bits per heavy atom. The monoisotopic (exact) mass is 1160 g/mol. The van der Waals surface area contributed by atoms with Crippen LogP contribution < -0.4 is 5.32 Å². The van der Waals surface area contributed by atoms with Gasteiger partial charge in [-0.1, -0.05) is 26.0 Å². The highest BCUT2D eigenvalue weighted by Crippen LogP contribution is 2.77. The summed E-state index contributed by atoms with van der Waals surface area (Å²) in [7, 11) is 0. The zero-order valence-electron chi connectivity index (χ0n) is 47.4. The number of aldehydes is 1. The van der Waals surface area contributed by atoms with Crippen LogP contribution in [0.15, 0.2) is 93.2 Å². The predicted octanol–water partition coefficient (Wildman–Crippen LogP) is 5.83. The van der Waals surface area contributed by atoms with E-state index >= 15 is 17.6 Å². The molecule has 83 heavy (non-hydrogen) atoms. The van der Waals surface area contributed by atoms with Crippen LogP contribution in [0.2, 0.25) is 0 Å². The number of aliphatic hydroxyl groups excluding tert-OH is 4. The second-order valence-corrected chi connectivity index (χ2v) is 25.4. The van der Waals surface area contributed by atoms with Crippen molar-refractivity contribution in [3.8, 4) is 0 Å². The maximum absolute atomic E-state index is 17.7. The lowest BCUT2D eigenvalue weighted by Crippen LogP contribution is -2.69. The van der Waals surface area contributed by atoms with Gasteiger partial charge in [-0.3, -0.25) is 38.5 Å². The molecule has 21 heteroatoms. The van der Waals surface area contributed by atoms with E-state index in [9.17, 15) is 54.0 Å². The van der Waals surface area contributed by atoms with E-state index in [1.165, 1.54) is 50.7 Å². The normalized spacial score (nSPS) is 44.0. The molecule has 12 rings (SSSR count). The number of hydrogen-bond acceptors (Lipinski definition) is 17. The maximum atomic E-state index is 17.7. The Morgan fingerprint density at radius 2 is 1.19 bits per heavy atom. The number of esters is 2. The van der Waals surface area contributed by atoms with Crippen LogP contribution in [0.5, 0.6) is 0 Å². The summed E-state index contributed by atoms with van der Waals surface area (Å²) in [5.74, 6) is -6.18. The summed E-state index contributed by atoms with van der Waals surface area (Å²) in [5.41, 5.74) is -12.2. The van der Waals surface area contributed by atoms with Crippen molar-refractivity contribution in [2.45, 2.75) is 135 Å². The summed E-state index contributed by atoms with van der Waals surface area (Å²) in [5, 5.41) is 46.5. The Labute approximate surface area is 477 Å². The molecule has 0 bridgehead atoms. The molecule has 10 aliphatic rings. The number of aliphatic hydroxyl groups is 4. The lowest BCUT2D eigenvalue weighted by molar-refractivity contribution is -0.212. The molecule has 0 spiro atoms. The number of rotatable bonds is 11.